The molecular formula is C22H24N4O3. The van der Waals surface area contributed by atoms with E-state index < -0.39 is 0 Å². The van der Waals surface area contributed by atoms with Gasteiger partial charge in [-0.15, -0.1) is 0 Å². The molecule has 0 atom stereocenters. The number of ether oxygens (including phenoxy) is 2. The number of aromatic nitrogens is 1. The van der Waals surface area contributed by atoms with Crippen molar-refractivity contribution in [3.63, 3.8) is 0 Å². The molecule has 1 aromatic heterocycles. The first-order valence-electron chi connectivity index (χ1n) is 9.90. The van der Waals surface area contributed by atoms with Crippen molar-refractivity contribution in [1.29, 1.82) is 5.26 Å². The van der Waals surface area contributed by atoms with Crippen LogP contribution in [0.15, 0.2) is 12.1 Å². The first-order valence-corrected chi connectivity index (χ1v) is 9.90. The summed E-state index contributed by atoms with van der Waals surface area (Å²) in [6.45, 7) is 2.93. The zero-order valence-corrected chi connectivity index (χ0v) is 16.7. The number of hydrogen-bond donors (Lipinski definition) is 1. The van der Waals surface area contributed by atoms with Crippen LogP contribution < -0.4 is 10.5 Å². The maximum atomic E-state index is 12.3. The highest BCUT2D eigenvalue weighted by Gasteiger charge is 2.30. The van der Waals surface area contributed by atoms with Gasteiger partial charge in [-0.05, 0) is 49.4 Å². The summed E-state index contributed by atoms with van der Waals surface area (Å²) in [5.74, 6) is 0.927. The maximum absolute atomic E-state index is 12.3. The molecule has 0 unspecified atom stereocenters. The van der Waals surface area contributed by atoms with Gasteiger partial charge in [-0.25, -0.2) is 9.78 Å². The molecule has 1 amide bonds. The van der Waals surface area contributed by atoms with Crippen LogP contribution in [0.4, 0.5) is 10.6 Å². The number of nitrogen functional groups attached to an aromatic ring is 1. The van der Waals surface area contributed by atoms with E-state index in [2.05, 4.69) is 23.2 Å². The molecule has 1 aliphatic carbocycles. The minimum atomic E-state index is -0.361. The molecule has 1 aromatic carbocycles. The Morgan fingerprint density at radius 2 is 2.07 bits per heavy atom. The number of nitrogens with two attached hydrogens (primary N) is 1. The van der Waals surface area contributed by atoms with E-state index in [1.165, 1.54) is 11.1 Å². The molecule has 1 aliphatic heterocycles. The molecule has 2 N–H and O–H groups in total. The normalized spacial score (nSPS) is 14.7. The van der Waals surface area contributed by atoms with Crippen LogP contribution in [0, 0.1) is 11.3 Å². The van der Waals surface area contributed by atoms with E-state index in [0.717, 1.165) is 41.6 Å². The van der Waals surface area contributed by atoms with Crippen LogP contribution in [0.25, 0.3) is 11.1 Å². The number of nitrogens with zero attached hydrogens (tertiary/aromatic N) is 3. The van der Waals surface area contributed by atoms with Crippen LogP contribution in [0.5, 0.6) is 5.75 Å². The van der Waals surface area contributed by atoms with Crippen LogP contribution in [-0.4, -0.2) is 36.2 Å². The first kappa shape index (κ1) is 19.1. The number of aryl methyl sites for hydroxylation is 2. The Balaban J connectivity index is 1.91. The van der Waals surface area contributed by atoms with Crippen molar-refractivity contribution in [3.8, 4) is 22.9 Å². The highest BCUT2D eigenvalue weighted by molar-refractivity contribution is 5.84. The Bertz CT molecular complexity index is 1030. The Morgan fingerprint density at radius 1 is 1.31 bits per heavy atom. The van der Waals surface area contributed by atoms with Gasteiger partial charge in [0.25, 0.3) is 0 Å². The van der Waals surface area contributed by atoms with Crippen LogP contribution in [0.2, 0.25) is 0 Å². The van der Waals surface area contributed by atoms with Gasteiger partial charge in [0.05, 0.1) is 26.0 Å². The van der Waals surface area contributed by atoms with Crippen molar-refractivity contribution in [2.75, 3.05) is 26.0 Å². The molecule has 0 saturated carbocycles. The van der Waals surface area contributed by atoms with Crippen molar-refractivity contribution in [1.82, 2.24) is 9.88 Å². The monoisotopic (exact) mass is 392 g/mol. The van der Waals surface area contributed by atoms with E-state index in [0.29, 0.717) is 37.4 Å². The molecule has 2 aliphatic rings. The van der Waals surface area contributed by atoms with Crippen LogP contribution in [-0.2, 0) is 30.5 Å². The summed E-state index contributed by atoms with van der Waals surface area (Å²) in [5, 5.41) is 9.86. The molecule has 2 aromatic rings. The standard InChI is InChI=1S/C22H24N4O3/c1-3-29-22(27)26-8-7-18-17(12-26)20(16(11-23)21(24)25-18)15-9-13-5-4-6-14(13)10-19(15)28-2/h9-10H,3-8,12H2,1-2H3,(H2,24,25). The third-order valence-corrected chi connectivity index (χ3v) is 5.70. The van der Waals surface area contributed by atoms with Gasteiger partial charge in [-0.1, -0.05) is 0 Å². The Hall–Kier alpha value is -3.27. The molecule has 150 valence electrons. The SMILES string of the molecule is CCOC(=O)N1CCc2nc(N)c(C#N)c(-c3cc4c(cc3OC)CCC4)c2C1. The summed E-state index contributed by atoms with van der Waals surface area (Å²) in [4.78, 5) is 18.4. The van der Waals surface area contributed by atoms with Crippen molar-refractivity contribution in [3.05, 3.63) is 40.1 Å². The Morgan fingerprint density at radius 3 is 2.76 bits per heavy atom. The largest absolute Gasteiger partial charge is 0.496 e. The van der Waals surface area contributed by atoms with Crippen LogP contribution in [0.1, 0.15) is 41.3 Å². The van der Waals surface area contributed by atoms with E-state index in [1.54, 1.807) is 18.9 Å². The highest BCUT2D eigenvalue weighted by Crippen LogP contribution is 2.42. The van der Waals surface area contributed by atoms with Crippen LogP contribution >= 0.6 is 0 Å². The average molecular weight is 392 g/mol. The summed E-state index contributed by atoms with van der Waals surface area (Å²) >= 11 is 0. The summed E-state index contributed by atoms with van der Waals surface area (Å²) in [5.41, 5.74) is 12.3. The lowest BCUT2D eigenvalue weighted by molar-refractivity contribution is 0.102. The number of rotatable bonds is 3. The molecule has 7 nitrogen and oxygen atoms in total. The van der Waals surface area contributed by atoms with Crippen molar-refractivity contribution >= 4 is 11.9 Å². The lowest BCUT2D eigenvalue weighted by atomic mass is 9.89. The zero-order chi connectivity index (χ0) is 20.5. The molecule has 29 heavy (non-hydrogen) atoms. The number of amides is 1. The van der Waals surface area contributed by atoms with Gasteiger partial charge in [0.1, 0.15) is 23.2 Å². The van der Waals surface area contributed by atoms with E-state index in [1.807, 2.05) is 0 Å². The number of benzene rings is 1. The molecule has 7 heteroatoms. The van der Waals surface area contributed by atoms with Gasteiger partial charge >= 0.3 is 6.09 Å². The third kappa shape index (κ3) is 3.25. The smallest absolute Gasteiger partial charge is 0.410 e. The summed E-state index contributed by atoms with van der Waals surface area (Å²) in [6.07, 6.45) is 3.35. The van der Waals surface area contributed by atoms with Gasteiger partial charge in [0.15, 0.2) is 0 Å². The minimum absolute atomic E-state index is 0.216. The second-order valence-electron chi connectivity index (χ2n) is 7.33. The average Bonchev–Trinajstić information content (AvgIpc) is 3.19. The number of anilines is 1. The number of carbonyl (C=O) groups is 1. The van der Waals surface area contributed by atoms with Gasteiger partial charge in [-0.2, -0.15) is 5.26 Å². The first-order chi connectivity index (χ1) is 14.1. The maximum Gasteiger partial charge on any atom is 0.410 e. The fraction of sp³-hybridized carbons (Fsp3) is 0.409. The number of carbonyl (C=O) groups excluding carboxylic acids is 1. The lowest BCUT2D eigenvalue weighted by Gasteiger charge is -2.30. The number of methoxy groups -OCH3 is 1. The minimum Gasteiger partial charge on any atom is -0.496 e. The molecule has 0 saturated heterocycles. The predicted octanol–water partition coefficient (Wildman–Crippen LogP) is 3.21. The molecule has 4 rings (SSSR count). The fourth-order valence-corrected chi connectivity index (χ4v) is 4.33. The fourth-order valence-electron chi connectivity index (χ4n) is 4.33. The zero-order valence-electron chi connectivity index (χ0n) is 16.7. The summed E-state index contributed by atoms with van der Waals surface area (Å²) in [6, 6.07) is 6.40. The van der Waals surface area contributed by atoms with Gasteiger partial charge in [0.2, 0.25) is 0 Å². The highest BCUT2D eigenvalue weighted by atomic mass is 16.6. The summed E-state index contributed by atoms with van der Waals surface area (Å²) < 4.78 is 10.9. The lowest BCUT2D eigenvalue weighted by Crippen LogP contribution is -2.37. The quantitative estimate of drug-likeness (QED) is 0.861. The van der Waals surface area contributed by atoms with E-state index in [-0.39, 0.29) is 11.9 Å². The van der Waals surface area contributed by atoms with Gasteiger partial charge in [-0.3, -0.25) is 0 Å². The number of nitriles is 1. The van der Waals surface area contributed by atoms with E-state index >= 15 is 0 Å². The van der Waals surface area contributed by atoms with E-state index in [9.17, 15) is 10.1 Å². The molecular weight excluding hydrogens is 368 g/mol. The van der Waals surface area contributed by atoms with Gasteiger partial charge < -0.3 is 20.1 Å². The molecule has 2 heterocycles. The number of fused-ring (bicyclic) bond motifs is 2. The Kier molecular flexibility index (Phi) is 5.01. The van der Waals surface area contributed by atoms with Crippen molar-refractivity contribution < 1.29 is 14.3 Å². The molecule has 0 fully saturated rings. The van der Waals surface area contributed by atoms with Crippen molar-refractivity contribution in [2.45, 2.75) is 39.2 Å². The second kappa shape index (κ2) is 7.63. The van der Waals surface area contributed by atoms with Crippen LogP contribution in [0.3, 0.4) is 0 Å². The van der Waals surface area contributed by atoms with Gasteiger partial charge in [0, 0.05) is 29.7 Å². The predicted molar refractivity (Wildman–Crippen MR) is 109 cm³/mol. The second-order valence-corrected chi connectivity index (χ2v) is 7.33. The molecule has 0 radical (unpaired) electrons. The number of hydrogen-bond acceptors (Lipinski definition) is 6. The van der Waals surface area contributed by atoms with E-state index in [4.69, 9.17) is 15.2 Å². The topological polar surface area (TPSA) is 101 Å². The molecule has 0 bridgehead atoms. The van der Waals surface area contributed by atoms with Crippen molar-refractivity contribution in [2.24, 2.45) is 0 Å². The summed E-state index contributed by atoms with van der Waals surface area (Å²) in [7, 11) is 1.63. The number of pyridine rings is 1. The molecule has 0 spiro atoms. The third-order valence-electron chi connectivity index (χ3n) is 5.70. The Labute approximate surface area is 170 Å².